The van der Waals surface area contributed by atoms with Crippen LogP contribution in [0.2, 0.25) is 0 Å². The Morgan fingerprint density at radius 1 is 1.16 bits per heavy atom. The van der Waals surface area contributed by atoms with E-state index < -0.39 is 21.5 Å². The molecule has 0 radical (unpaired) electrons. The average Bonchev–Trinajstić information content (AvgIpc) is 3.15. The number of carbonyl (C=O) groups is 1. The van der Waals surface area contributed by atoms with E-state index in [0.717, 1.165) is 4.31 Å². The largest absolute Gasteiger partial charge is 0.480 e. The Morgan fingerprint density at radius 2 is 1.81 bits per heavy atom. The molecule has 1 N–H and O–H groups in total. The number of aliphatic imine (C=N–C) groups is 1. The summed E-state index contributed by atoms with van der Waals surface area (Å²) in [7, 11) is -2.99. The van der Waals surface area contributed by atoms with Gasteiger partial charge in [-0.3, -0.25) is 4.98 Å². The number of pyridine rings is 1. The van der Waals surface area contributed by atoms with Gasteiger partial charge < -0.3 is 14.4 Å². The Balaban J connectivity index is 1.70. The summed E-state index contributed by atoms with van der Waals surface area (Å²) in [5.74, 6) is -0.406. The lowest BCUT2D eigenvalue weighted by Gasteiger charge is -2.37. The van der Waals surface area contributed by atoms with Gasteiger partial charge in [0.05, 0.1) is 16.2 Å². The molecule has 1 aromatic carbocycles. The lowest BCUT2D eigenvalue weighted by Crippen LogP contribution is -2.53. The van der Waals surface area contributed by atoms with Gasteiger partial charge in [-0.05, 0) is 43.3 Å². The molecule has 31 heavy (non-hydrogen) atoms. The normalized spacial score (nSPS) is 18.0. The Labute approximate surface area is 177 Å². The van der Waals surface area contributed by atoms with E-state index in [1.807, 2.05) is 0 Å². The van der Waals surface area contributed by atoms with Crippen LogP contribution in [0.4, 0.5) is 5.88 Å². The molecule has 4 rings (SSSR count). The van der Waals surface area contributed by atoms with Gasteiger partial charge in [0.2, 0.25) is 10.0 Å². The predicted molar refractivity (Wildman–Crippen MR) is 109 cm³/mol. The minimum Gasteiger partial charge on any atom is -0.480 e. The zero-order valence-corrected chi connectivity index (χ0v) is 17.4. The molecule has 0 saturated carbocycles. The van der Waals surface area contributed by atoms with E-state index in [0.29, 0.717) is 11.5 Å². The summed E-state index contributed by atoms with van der Waals surface area (Å²) in [4.78, 5) is 20.2. The van der Waals surface area contributed by atoms with Crippen LogP contribution in [0.1, 0.15) is 17.7 Å². The van der Waals surface area contributed by atoms with Crippen LogP contribution in [0.5, 0.6) is 11.5 Å². The third kappa shape index (κ3) is 3.37. The number of sulfonamides is 1. The number of carboxylic acids is 1. The molecule has 0 bridgehead atoms. The molecule has 3 heterocycles. The average molecular weight is 442 g/mol. The zero-order valence-electron chi connectivity index (χ0n) is 16.6. The number of hydrogen-bond donors (Lipinski definition) is 1. The number of carboxylic acid groups (broad SMARTS) is 1. The first-order chi connectivity index (χ1) is 14.8. The molecule has 1 aliphatic rings. The minimum absolute atomic E-state index is 0.0192. The van der Waals surface area contributed by atoms with E-state index in [2.05, 4.69) is 15.1 Å². The monoisotopic (exact) mass is 442 g/mol. The van der Waals surface area contributed by atoms with Crippen LogP contribution >= 0.6 is 0 Å². The van der Waals surface area contributed by atoms with Crippen molar-refractivity contribution in [1.82, 2.24) is 14.4 Å². The second-order valence-corrected chi connectivity index (χ2v) is 8.83. The quantitative estimate of drug-likeness (QED) is 0.616. The molecule has 2 aromatic heterocycles. The predicted octanol–water partition coefficient (Wildman–Crippen LogP) is 2.88. The van der Waals surface area contributed by atoms with Gasteiger partial charge in [-0.15, -0.1) is 0 Å². The van der Waals surface area contributed by atoms with E-state index in [9.17, 15) is 18.3 Å². The van der Waals surface area contributed by atoms with Gasteiger partial charge in [0.1, 0.15) is 11.5 Å². The molecule has 0 saturated heterocycles. The molecule has 0 amide bonds. The van der Waals surface area contributed by atoms with Crippen LogP contribution in [-0.2, 0) is 20.4 Å². The number of likely N-dealkylation sites (N-methyl/N-ethyl adjacent to an activating group) is 1. The summed E-state index contributed by atoms with van der Waals surface area (Å²) in [6.07, 6.45) is 4.29. The molecule has 0 aliphatic carbocycles. The van der Waals surface area contributed by atoms with Crippen LogP contribution in [0.3, 0.4) is 0 Å². The van der Waals surface area contributed by atoms with E-state index in [4.69, 9.17) is 9.26 Å². The molecule has 0 fully saturated rings. The summed E-state index contributed by atoms with van der Waals surface area (Å²) < 4.78 is 38.3. The molecule has 160 valence electrons. The number of aryl methyl sites for hydroxylation is 1. The van der Waals surface area contributed by atoms with Gasteiger partial charge in [-0.1, -0.05) is 5.16 Å². The van der Waals surface area contributed by atoms with Gasteiger partial charge in [0.15, 0.2) is 5.54 Å². The van der Waals surface area contributed by atoms with Crippen molar-refractivity contribution in [3.63, 3.8) is 0 Å². The number of fused-ring (bicyclic) bond motifs is 1. The van der Waals surface area contributed by atoms with Gasteiger partial charge in [-0.2, -0.15) is 4.31 Å². The summed E-state index contributed by atoms with van der Waals surface area (Å²) in [6, 6.07) is 9.03. The fraction of sp³-hybridized carbons (Fsp3) is 0.200. The van der Waals surface area contributed by atoms with Crippen molar-refractivity contribution in [1.29, 1.82) is 0 Å². The topological polar surface area (TPSA) is 135 Å². The third-order valence-corrected chi connectivity index (χ3v) is 7.01. The Bertz CT molecular complexity index is 1250. The third-order valence-electron chi connectivity index (χ3n) is 5.11. The Kier molecular flexibility index (Phi) is 5.07. The minimum atomic E-state index is -4.21. The fourth-order valence-electron chi connectivity index (χ4n) is 3.48. The highest BCUT2D eigenvalue weighted by Gasteiger charge is 2.54. The smallest absolute Gasteiger partial charge is 0.330 e. The van der Waals surface area contributed by atoms with Gasteiger partial charge >= 0.3 is 5.97 Å². The van der Waals surface area contributed by atoms with Gasteiger partial charge in [0.25, 0.3) is 5.88 Å². The zero-order chi connectivity index (χ0) is 22.2. The lowest BCUT2D eigenvalue weighted by molar-refractivity contribution is -0.148. The SMILES string of the molecule is Cc1noc2c1C(C(=O)O)(N(C)S(=O)(=O)c1ccc(Oc3ccncc3)cc1)CC=N2. The first-order valence-corrected chi connectivity index (χ1v) is 10.6. The highest BCUT2D eigenvalue weighted by molar-refractivity contribution is 7.89. The molecule has 3 aromatic rings. The van der Waals surface area contributed by atoms with Crippen molar-refractivity contribution >= 4 is 28.1 Å². The molecule has 1 aliphatic heterocycles. The van der Waals surface area contributed by atoms with Crippen molar-refractivity contribution in [2.24, 2.45) is 4.99 Å². The van der Waals surface area contributed by atoms with Crippen molar-refractivity contribution in [2.75, 3.05) is 7.05 Å². The molecule has 1 atom stereocenters. The van der Waals surface area contributed by atoms with Crippen LogP contribution in [-0.4, -0.2) is 47.2 Å². The van der Waals surface area contributed by atoms with Gasteiger partial charge in [0, 0.05) is 32.1 Å². The number of aliphatic carboxylic acids is 1. The van der Waals surface area contributed by atoms with Crippen molar-refractivity contribution in [2.45, 2.75) is 23.8 Å². The number of ether oxygens (including phenoxy) is 1. The number of rotatable bonds is 6. The Hall–Kier alpha value is -3.57. The fourth-order valence-corrected chi connectivity index (χ4v) is 4.94. The second-order valence-electron chi connectivity index (χ2n) is 6.86. The summed E-state index contributed by atoms with van der Waals surface area (Å²) in [6.45, 7) is 1.55. The maximum Gasteiger partial charge on any atom is 0.330 e. The summed E-state index contributed by atoms with van der Waals surface area (Å²) in [5, 5.41) is 13.9. The van der Waals surface area contributed by atoms with E-state index in [1.54, 1.807) is 31.5 Å². The highest BCUT2D eigenvalue weighted by Crippen LogP contribution is 2.44. The molecule has 0 spiro atoms. The van der Waals surface area contributed by atoms with Crippen LogP contribution in [0, 0.1) is 6.92 Å². The highest BCUT2D eigenvalue weighted by atomic mass is 32.2. The first-order valence-electron chi connectivity index (χ1n) is 9.16. The first kappa shape index (κ1) is 20.7. The van der Waals surface area contributed by atoms with Crippen molar-refractivity contribution in [3.8, 4) is 11.5 Å². The molecule has 10 nitrogen and oxygen atoms in total. The summed E-state index contributed by atoms with van der Waals surface area (Å²) in [5.41, 5.74) is -1.56. The number of nitrogens with zero attached hydrogens (tertiary/aromatic N) is 4. The van der Waals surface area contributed by atoms with Gasteiger partial charge in [-0.25, -0.2) is 18.2 Å². The maximum atomic E-state index is 13.4. The second kappa shape index (κ2) is 7.60. The van der Waals surface area contributed by atoms with Crippen LogP contribution < -0.4 is 4.74 Å². The van der Waals surface area contributed by atoms with Crippen molar-refractivity contribution < 1.29 is 27.6 Å². The number of aromatic nitrogens is 2. The Morgan fingerprint density at radius 3 is 2.45 bits per heavy atom. The lowest BCUT2D eigenvalue weighted by atomic mass is 9.85. The van der Waals surface area contributed by atoms with Crippen LogP contribution in [0.25, 0.3) is 0 Å². The molecule has 11 heteroatoms. The molecular formula is C20H18N4O6S. The van der Waals surface area contributed by atoms with E-state index in [-0.39, 0.29) is 28.5 Å². The maximum absolute atomic E-state index is 13.4. The van der Waals surface area contributed by atoms with E-state index in [1.165, 1.54) is 37.5 Å². The molecular weight excluding hydrogens is 424 g/mol. The van der Waals surface area contributed by atoms with Crippen LogP contribution in [0.15, 0.2) is 63.2 Å². The van der Waals surface area contributed by atoms with E-state index >= 15 is 0 Å². The number of hydrogen-bond acceptors (Lipinski definition) is 8. The number of benzene rings is 1. The standard InChI is InChI=1S/C20H18N4O6S/c1-13-17-18(30-23-13)22-12-9-20(17,19(25)26)24(2)31(27,28)16-5-3-14(4-6-16)29-15-7-10-21-11-8-15/h3-8,10-12H,9H2,1-2H3,(H,25,26). The summed E-state index contributed by atoms with van der Waals surface area (Å²) >= 11 is 0. The van der Waals surface area contributed by atoms with Crippen molar-refractivity contribution in [3.05, 3.63) is 60.0 Å². The molecule has 1 unspecified atom stereocenters.